The van der Waals surface area contributed by atoms with E-state index in [1.807, 2.05) is 30.3 Å². The summed E-state index contributed by atoms with van der Waals surface area (Å²) in [7, 11) is 0. The molecule has 0 aliphatic heterocycles. The normalized spacial score (nSPS) is 10.1. The van der Waals surface area contributed by atoms with E-state index in [0.717, 1.165) is 11.3 Å². The SMILES string of the molecule is CC(=O)c1[nH]cnc1-c1ccccc1. The van der Waals surface area contributed by atoms with Crippen molar-refractivity contribution in [2.45, 2.75) is 6.92 Å². The number of nitrogens with one attached hydrogen (secondary N) is 1. The van der Waals surface area contributed by atoms with Crippen LogP contribution in [0.25, 0.3) is 11.3 Å². The fraction of sp³-hybridized carbons (Fsp3) is 0.0909. The van der Waals surface area contributed by atoms with Gasteiger partial charge >= 0.3 is 0 Å². The molecule has 1 aromatic heterocycles. The molecule has 0 saturated heterocycles. The van der Waals surface area contributed by atoms with Crippen molar-refractivity contribution < 1.29 is 4.79 Å². The molecule has 0 aliphatic carbocycles. The van der Waals surface area contributed by atoms with Gasteiger partial charge in [-0.1, -0.05) is 30.3 Å². The highest BCUT2D eigenvalue weighted by Gasteiger charge is 2.10. The molecule has 1 N–H and O–H groups in total. The summed E-state index contributed by atoms with van der Waals surface area (Å²) in [6, 6.07) is 9.65. The molecule has 0 atom stereocenters. The Morgan fingerprint density at radius 2 is 2.00 bits per heavy atom. The predicted octanol–water partition coefficient (Wildman–Crippen LogP) is 2.28. The van der Waals surface area contributed by atoms with Gasteiger partial charge in [0.2, 0.25) is 0 Å². The number of nitrogens with zero attached hydrogens (tertiary/aromatic N) is 1. The molecular formula is C11H10N2O. The summed E-state index contributed by atoms with van der Waals surface area (Å²) in [5.74, 6) is 0.00125. The van der Waals surface area contributed by atoms with Crippen LogP contribution in [0.2, 0.25) is 0 Å². The van der Waals surface area contributed by atoms with E-state index in [4.69, 9.17) is 0 Å². The summed E-state index contributed by atoms with van der Waals surface area (Å²) >= 11 is 0. The number of hydrogen-bond donors (Lipinski definition) is 1. The lowest BCUT2D eigenvalue weighted by atomic mass is 10.1. The average molecular weight is 186 g/mol. The van der Waals surface area contributed by atoms with Gasteiger partial charge < -0.3 is 4.98 Å². The Labute approximate surface area is 81.8 Å². The first-order valence-electron chi connectivity index (χ1n) is 4.39. The third-order valence-corrected chi connectivity index (χ3v) is 2.04. The van der Waals surface area contributed by atoms with E-state index in [2.05, 4.69) is 9.97 Å². The van der Waals surface area contributed by atoms with Crippen molar-refractivity contribution in [1.82, 2.24) is 9.97 Å². The van der Waals surface area contributed by atoms with Crippen molar-refractivity contribution in [3.05, 3.63) is 42.4 Å². The van der Waals surface area contributed by atoms with Gasteiger partial charge in [-0.3, -0.25) is 4.79 Å². The Hall–Kier alpha value is -1.90. The second-order valence-corrected chi connectivity index (χ2v) is 3.05. The highest BCUT2D eigenvalue weighted by atomic mass is 16.1. The van der Waals surface area contributed by atoms with Gasteiger partial charge in [0, 0.05) is 12.5 Å². The Morgan fingerprint density at radius 3 is 2.64 bits per heavy atom. The van der Waals surface area contributed by atoms with Gasteiger partial charge in [0.25, 0.3) is 0 Å². The number of carbonyl (C=O) groups excluding carboxylic acids is 1. The van der Waals surface area contributed by atoms with Crippen LogP contribution in [0.1, 0.15) is 17.4 Å². The molecule has 2 rings (SSSR count). The number of Topliss-reactive ketones (excluding diaryl/α,β-unsaturated/α-hetero) is 1. The lowest BCUT2D eigenvalue weighted by molar-refractivity contribution is 0.101. The van der Waals surface area contributed by atoms with Crippen molar-refractivity contribution >= 4 is 5.78 Å². The van der Waals surface area contributed by atoms with Crippen molar-refractivity contribution in [3.63, 3.8) is 0 Å². The monoisotopic (exact) mass is 186 g/mol. The van der Waals surface area contributed by atoms with Crippen molar-refractivity contribution in [3.8, 4) is 11.3 Å². The molecule has 2 aromatic rings. The molecule has 1 aromatic carbocycles. The lowest BCUT2D eigenvalue weighted by Crippen LogP contribution is -1.95. The average Bonchev–Trinajstić information content (AvgIpc) is 2.67. The summed E-state index contributed by atoms with van der Waals surface area (Å²) in [6.45, 7) is 1.53. The molecular weight excluding hydrogens is 176 g/mol. The van der Waals surface area contributed by atoms with Crippen molar-refractivity contribution in [2.24, 2.45) is 0 Å². The molecule has 3 nitrogen and oxygen atoms in total. The smallest absolute Gasteiger partial charge is 0.178 e. The maximum Gasteiger partial charge on any atom is 0.178 e. The first-order chi connectivity index (χ1) is 6.79. The van der Waals surface area contributed by atoms with Gasteiger partial charge in [-0.2, -0.15) is 0 Å². The predicted molar refractivity (Wildman–Crippen MR) is 54.0 cm³/mol. The number of aromatic amines is 1. The number of ketones is 1. The number of benzene rings is 1. The summed E-state index contributed by atoms with van der Waals surface area (Å²) in [4.78, 5) is 18.2. The number of imidazole rings is 1. The van der Waals surface area contributed by atoms with E-state index in [0.29, 0.717) is 5.69 Å². The zero-order valence-electron chi connectivity index (χ0n) is 7.82. The highest BCUT2D eigenvalue weighted by molar-refractivity contribution is 5.97. The number of aromatic nitrogens is 2. The van der Waals surface area contributed by atoms with Crippen LogP contribution in [0, 0.1) is 0 Å². The van der Waals surface area contributed by atoms with Crippen LogP contribution < -0.4 is 0 Å². The second-order valence-electron chi connectivity index (χ2n) is 3.05. The molecule has 1 heterocycles. The molecule has 70 valence electrons. The largest absolute Gasteiger partial charge is 0.342 e. The molecule has 0 radical (unpaired) electrons. The first kappa shape index (κ1) is 8.69. The van der Waals surface area contributed by atoms with Gasteiger partial charge in [0.1, 0.15) is 5.69 Å². The van der Waals surface area contributed by atoms with Crippen molar-refractivity contribution in [2.75, 3.05) is 0 Å². The fourth-order valence-electron chi connectivity index (χ4n) is 1.38. The minimum absolute atomic E-state index is 0.00125. The van der Waals surface area contributed by atoms with Gasteiger partial charge in [0.15, 0.2) is 5.78 Å². The molecule has 3 heteroatoms. The quantitative estimate of drug-likeness (QED) is 0.731. The third-order valence-electron chi connectivity index (χ3n) is 2.04. The molecule has 0 amide bonds. The van der Waals surface area contributed by atoms with Crippen LogP contribution >= 0.6 is 0 Å². The zero-order valence-corrected chi connectivity index (χ0v) is 7.82. The summed E-state index contributed by atoms with van der Waals surface area (Å²) in [5, 5.41) is 0. The molecule has 0 fully saturated rings. The standard InChI is InChI=1S/C11H10N2O/c1-8(14)10-11(13-7-12-10)9-5-3-2-4-6-9/h2-7H,1H3,(H,12,13). The van der Waals surface area contributed by atoms with E-state index >= 15 is 0 Å². The molecule has 0 unspecified atom stereocenters. The Balaban J connectivity index is 2.52. The fourth-order valence-corrected chi connectivity index (χ4v) is 1.38. The van der Waals surface area contributed by atoms with Crippen LogP contribution in [-0.4, -0.2) is 15.8 Å². The lowest BCUT2D eigenvalue weighted by Gasteiger charge is -1.98. The number of hydrogen-bond acceptors (Lipinski definition) is 2. The van der Waals surface area contributed by atoms with E-state index < -0.39 is 0 Å². The molecule has 14 heavy (non-hydrogen) atoms. The van der Waals surface area contributed by atoms with Gasteiger partial charge in [-0.05, 0) is 0 Å². The van der Waals surface area contributed by atoms with Crippen LogP contribution in [0.15, 0.2) is 36.7 Å². The van der Waals surface area contributed by atoms with Crippen LogP contribution in [0.5, 0.6) is 0 Å². The van der Waals surface area contributed by atoms with Gasteiger partial charge in [-0.25, -0.2) is 4.98 Å². The summed E-state index contributed by atoms with van der Waals surface area (Å²) in [5.41, 5.74) is 2.24. The van der Waals surface area contributed by atoms with Crippen LogP contribution in [0.3, 0.4) is 0 Å². The minimum atomic E-state index is 0.00125. The van der Waals surface area contributed by atoms with Gasteiger partial charge in [0.05, 0.1) is 12.0 Å². The Kier molecular flexibility index (Phi) is 2.14. The summed E-state index contributed by atoms with van der Waals surface area (Å²) in [6.07, 6.45) is 1.54. The number of H-pyrrole nitrogens is 1. The Morgan fingerprint density at radius 1 is 1.29 bits per heavy atom. The minimum Gasteiger partial charge on any atom is -0.342 e. The van der Waals surface area contributed by atoms with E-state index in [1.165, 1.54) is 6.92 Å². The van der Waals surface area contributed by atoms with E-state index in [9.17, 15) is 4.79 Å². The first-order valence-corrected chi connectivity index (χ1v) is 4.39. The number of carbonyl (C=O) groups is 1. The zero-order chi connectivity index (χ0) is 9.97. The number of rotatable bonds is 2. The molecule has 0 saturated carbocycles. The van der Waals surface area contributed by atoms with E-state index in [-0.39, 0.29) is 5.78 Å². The summed E-state index contributed by atoms with van der Waals surface area (Å²) < 4.78 is 0. The van der Waals surface area contributed by atoms with Gasteiger partial charge in [-0.15, -0.1) is 0 Å². The van der Waals surface area contributed by atoms with Crippen molar-refractivity contribution in [1.29, 1.82) is 0 Å². The third kappa shape index (κ3) is 1.44. The van der Waals surface area contributed by atoms with Crippen LogP contribution in [0.4, 0.5) is 0 Å². The maximum absolute atomic E-state index is 11.2. The van der Waals surface area contributed by atoms with E-state index in [1.54, 1.807) is 6.33 Å². The molecule has 0 spiro atoms. The molecule has 0 bridgehead atoms. The second kappa shape index (κ2) is 3.46. The Bertz CT molecular complexity index is 445. The maximum atomic E-state index is 11.2. The highest BCUT2D eigenvalue weighted by Crippen LogP contribution is 2.19. The molecule has 0 aliphatic rings. The topological polar surface area (TPSA) is 45.8 Å². The van der Waals surface area contributed by atoms with Crippen LogP contribution in [-0.2, 0) is 0 Å².